The molecule has 0 heterocycles. The molecule has 1 rings (SSSR count). The molecule has 20 heavy (non-hydrogen) atoms. The Kier molecular flexibility index (Phi) is 6.52. The SMILES string of the molecule is CC(C)=NOCCOc1ccc(CC(N)C(=O)O)cc1. The second-order valence-electron chi connectivity index (χ2n) is 4.51. The number of carboxylic acid groups (broad SMARTS) is 1. The first-order valence-electron chi connectivity index (χ1n) is 6.32. The van der Waals surface area contributed by atoms with Crippen molar-refractivity contribution in [1.82, 2.24) is 0 Å². The van der Waals surface area contributed by atoms with Crippen LogP contribution < -0.4 is 10.5 Å². The lowest BCUT2D eigenvalue weighted by Gasteiger charge is -2.08. The third-order valence-corrected chi connectivity index (χ3v) is 2.39. The summed E-state index contributed by atoms with van der Waals surface area (Å²) in [4.78, 5) is 15.6. The molecule has 0 spiro atoms. The van der Waals surface area contributed by atoms with Crippen molar-refractivity contribution in [2.24, 2.45) is 10.9 Å². The molecule has 3 N–H and O–H groups in total. The molecule has 6 nitrogen and oxygen atoms in total. The van der Waals surface area contributed by atoms with E-state index in [0.29, 0.717) is 25.4 Å². The van der Waals surface area contributed by atoms with Gasteiger partial charge >= 0.3 is 5.97 Å². The number of aliphatic carboxylic acids is 1. The van der Waals surface area contributed by atoms with Gasteiger partial charge in [-0.1, -0.05) is 17.3 Å². The zero-order chi connectivity index (χ0) is 15.0. The Morgan fingerprint density at radius 2 is 1.95 bits per heavy atom. The molecule has 0 fully saturated rings. The molecule has 0 saturated carbocycles. The van der Waals surface area contributed by atoms with Gasteiger partial charge in [-0.2, -0.15) is 0 Å². The van der Waals surface area contributed by atoms with E-state index in [4.69, 9.17) is 20.4 Å². The molecular weight excluding hydrogens is 260 g/mol. The molecule has 1 atom stereocenters. The molecule has 0 aliphatic rings. The number of oxime groups is 1. The first-order valence-corrected chi connectivity index (χ1v) is 6.32. The quantitative estimate of drug-likeness (QED) is 0.427. The molecule has 1 aromatic carbocycles. The second kappa shape index (κ2) is 8.16. The van der Waals surface area contributed by atoms with Crippen LogP contribution in [0.2, 0.25) is 0 Å². The Labute approximate surface area is 118 Å². The summed E-state index contributed by atoms with van der Waals surface area (Å²) in [5.41, 5.74) is 7.17. The summed E-state index contributed by atoms with van der Waals surface area (Å²) in [6, 6.07) is 6.27. The average Bonchev–Trinajstić information content (AvgIpc) is 2.39. The monoisotopic (exact) mass is 280 g/mol. The highest BCUT2D eigenvalue weighted by atomic mass is 16.6. The molecule has 1 aromatic rings. The number of rotatable bonds is 8. The largest absolute Gasteiger partial charge is 0.490 e. The number of nitrogens with two attached hydrogens (primary N) is 1. The number of carboxylic acids is 1. The van der Waals surface area contributed by atoms with Crippen LogP contribution in [-0.4, -0.2) is 36.0 Å². The molecule has 6 heteroatoms. The minimum atomic E-state index is -1.01. The van der Waals surface area contributed by atoms with E-state index < -0.39 is 12.0 Å². The standard InChI is InChI=1S/C14H20N2O4/c1-10(2)16-20-8-7-19-12-5-3-11(4-6-12)9-13(15)14(17)18/h3-6,13H,7-9,15H2,1-2H3,(H,17,18). The molecule has 0 aromatic heterocycles. The van der Waals surface area contributed by atoms with Gasteiger partial charge in [0.1, 0.15) is 18.4 Å². The van der Waals surface area contributed by atoms with E-state index in [1.807, 2.05) is 13.8 Å². The van der Waals surface area contributed by atoms with Gasteiger partial charge < -0.3 is 20.4 Å². The van der Waals surface area contributed by atoms with Gasteiger partial charge in [0.05, 0.1) is 5.71 Å². The van der Waals surface area contributed by atoms with Crippen molar-refractivity contribution in [3.8, 4) is 5.75 Å². The summed E-state index contributed by atoms with van der Waals surface area (Å²) in [5, 5.41) is 12.5. The van der Waals surface area contributed by atoms with E-state index in [9.17, 15) is 4.79 Å². The molecule has 110 valence electrons. The van der Waals surface area contributed by atoms with Gasteiger partial charge in [-0.25, -0.2) is 0 Å². The fourth-order valence-electron chi connectivity index (χ4n) is 1.43. The highest BCUT2D eigenvalue weighted by molar-refractivity contribution is 5.78. The van der Waals surface area contributed by atoms with Crippen LogP contribution in [0.25, 0.3) is 0 Å². The van der Waals surface area contributed by atoms with Gasteiger partial charge in [0, 0.05) is 0 Å². The van der Waals surface area contributed by atoms with Crippen LogP contribution in [0.15, 0.2) is 29.4 Å². The van der Waals surface area contributed by atoms with E-state index in [2.05, 4.69) is 5.16 Å². The van der Waals surface area contributed by atoms with Gasteiger partial charge in [0.2, 0.25) is 0 Å². The topological polar surface area (TPSA) is 94.1 Å². The van der Waals surface area contributed by atoms with Crippen molar-refractivity contribution in [3.63, 3.8) is 0 Å². The van der Waals surface area contributed by atoms with Crippen LogP contribution >= 0.6 is 0 Å². The first kappa shape index (κ1) is 16.0. The zero-order valence-corrected chi connectivity index (χ0v) is 11.7. The first-order chi connectivity index (χ1) is 9.49. The highest BCUT2D eigenvalue weighted by Crippen LogP contribution is 2.13. The van der Waals surface area contributed by atoms with E-state index in [1.54, 1.807) is 24.3 Å². The lowest BCUT2D eigenvalue weighted by atomic mass is 10.1. The van der Waals surface area contributed by atoms with Crippen molar-refractivity contribution in [2.75, 3.05) is 13.2 Å². The summed E-state index contributed by atoms with van der Waals surface area (Å²) in [6.45, 7) is 4.46. The van der Waals surface area contributed by atoms with Crippen molar-refractivity contribution in [2.45, 2.75) is 26.3 Å². The predicted octanol–water partition coefficient (Wildman–Crippen LogP) is 1.43. The third-order valence-electron chi connectivity index (χ3n) is 2.39. The van der Waals surface area contributed by atoms with E-state index >= 15 is 0 Å². The Bertz CT molecular complexity index is 453. The molecule has 0 amide bonds. The second-order valence-corrected chi connectivity index (χ2v) is 4.51. The Hall–Kier alpha value is -2.08. The number of hydrogen-bond acceptors (Lipinski definition) is 5. The minimum absolute atomic E-state index is 0.295. The molecule has 0 aliphatic heterocycles. The van der Waals surface area contributed by atoms with Crippen LogP contribution in [0.4, 0.5) is 0 Å². The molecule has 1 unspecified atom stereocenters. The molecule has 0 bridgehead atoms. The van der Waals surface area contributed by atoms with Crippen LogP contribution in [0.1, 0.15) is 19.4 Å². The van der Waals surface area contributed by atoms with Gasteiger partial charge in [0.15, 0.2) is 6.61 Å². The predicted molar refractivity (Wildman–Crippen MR) is 76.0 cm³/mol. The third kappa shape index (κ3) is 6.19. The summed E-state index contributed by atoms with van der Waals surface area (Å²) in [5.74, 6) is -0.312. The highest BCUT2D eigenvalue weighted by Gasteiger charge is 2.11. The smallest absolute Gasteiger partial charge is 0.320 e. The molecule has 0 radical (unpaired) electrons. The maximum Gasteiger partial charge on any atom is 0.320 e. The lowest BCUT2D eigenvalue weighted by molar-refractivity contribution is -0.138. The maximum absolute atomic E-state index is 10.6. The van der Waals surface area contributed by atoms with Crippen molar-refractivity contribution < 1.29 is 19.5 Å². The summed E-state index contributed by atoms with van der Waals surface area (Å²) >= 11 is 0. The molecule has 0 saturated heterocycles. The van der Waals surface area contributed by atoms with Crippen LogP contribution in [0, 0.1) is 0 Å². The van der Waals surface area contributed by atoms with Crippen LogP contribution in [0.3, 0.4) is 0 Å². The van der Waals surface area contributed by atoms with Crippen molar-refractivity contribution in [1.29, 1.82) is 0 Å². The zero-order valence-electron chi connectivity index (χ0n) is 11.7. The Balaban J connectivity index is 2.35. The summed E-state index contributed by atoms with van der Waals surface area (Å²) < 4.78 is 5.45. The van der Waals surface area contributed by atoms with Crippen molar-refractivity contribution in [3.05, 3.63) is 29.8 Å². The van der Waals surface area contributed by atoms with Gasteiger partial charge in [-0.05, 0) is 38.0 Å². The van der Waals surface area contributed by atoms with Crippen molar-refractivity contribution >= 4 is 11.7 Å². The number of benzene rings is 1. The van der Waals surface area contributed by atoms with Crippen LogP contribution in [0.5, 0.6) is 5.75 Å². The summed E-state index contributed by atoms with van der Waals surface area (Å²) in [7, 11) is 0. The normalized spacial score (nSPS) is 11.6. The number of nitrogens with zero attached hydrogens (tertiary/aromatic N) is 1. The van der Waals surface area contributed by atoms with E-state index in [0.717, 1.165) is 11.3 Å². The van der Waals surface area contributed by atoms with E-state index in [1.165, 1.54) is 0 Å². The number of carbonyl (C=O) groups is 1. The Morgan fingerprint density at radius 1 is 1.30 bits per heavy atom. The lowest BCUT2D eigenvalue weighted by Crippen LogP contribution is -2.32. The Morgan fingerprint density at radius 3 is 2.50 bits per heavy atom. The molecule has 0 aliphatic carbocycles. The number of hydrogen-bond donors (Lipinski definition) is 2. The average molecular weight is 280 g/mol. The fraction of sp³-hybridized carbons (Fsp3) is 0.429. The van der Waals surface area contributed by atoms with Crippen LogP contribution in [-0.2, 0) is 16.1 Å². The molecular formula is C14H20N2O4. The van der Waals surface area contributed by atoms with Gasteiger partial charge in [-0.3, -0.25) is 4.79 Å². The number of ether oxygens (including phenoxy) is 1. The minimum Gasteiger partial charge on any atom is -0.490 e. The summed E-state index contributed by atoms with van der Waals surface area (Å²) in [6.07, 6.45) is 0.295. The van der Waals surface area contributed by atoms with Gasteiger partial charge in [-0.15, -0.1) is 0 Å². The maximum atomic E-state index is 10.6. The van der Waals surface area contributed by atoms with E-state index in [-0.39, 0.29) is 0 Å². The fourth-order valence-corrected chi connectivity index (χ4v) is 1.43. The van der Waals surface area contributed by atoms with Gasteiger partial charge in [0.25, 0.3) is 0 Å².